The number of likely N-dealkylation sites (N-methyl/N-ethyl adjacent to an activating group) is 1. The van der Waals surface area contributed by atoms with Gasteiger partial charge in [-0.05, 0) is 20.9 Å². The Hall–Kier alpha value is -0.0700. The van der Waals surface area contributed by atoms with Crippen molar-refractivity contribution in [3.05, 3.63) is 0 Å². The fraction of sp³-hybridized carbons (Fsp3) is 0.909. The predicted molar refractivity (Wildman–Crippen MR) is 77.6 cm³/mol. The van der Waals surface area contributed by atoms with Crippen LogP contribution in [0.5, 0.6) is 0 Å². The van der Waals surface area contributed by atoms with E-state index in [-0.39, 0.29) is 42.7 Å². The lowest BCUT2D eigenvalue weighted by atomic mass is 10.1. The van der Waals surface area contributed by atoms with E-state index in [2.05, 4.69) is 24.5 Å². The molecular weight excluding hydrogens is 277 g/mol. The number of carbonyl (C=O) groups is 1. The number of hydrogen-bond donors (Lipinski definition) is 3. The zero-order valence-electron chi connectivity index (χ0n) is 11.2. The smallest absolute Gasteiger partial charge is 0.234 e. The third-order valence-corrected chi connectivity index (χ3v) is 3.14. The number of rotatable bonds is 5. The molecule has 0 aromatic rings. The topological polar surface area (TPSA) is 64.6 Å². The monoisotopic (exact) mass is 301 g/mol. The van der Waals surface area contributed by atoms with Crippen molar-refractivity contribution in [1.82, 2.24) is 15.5 Å². The van der Waals surface area contributed by atoms with Gasteiger partial charge < -0.3 is 15.7 Å². The highest BCUT2D eigenvalue weighted by atomic mass is 35.5. The van der Waals surface area contributed by atoms with E-state index in [9.17, 15) is 9.90 Å². The van der Waals surface area contributed by atoms with Crippen LogP contribution in [-0.4, -0.2) is 61.3 Å². The summed E-state index contributed by atoms with van der Waals surface area (Å²) in [5.74, 6) is 0.170. The molecule has 1 fully saturated rings. The van der Waals surface area contributed by atoms with E-state index in [4.69, 9.17) is 0 Å². The van der Waals surface area contributed by atoms with Gasteiger partial charge in [-0.3, -0.25) is 9.69 Å². The maximum Gasteiger partial charge on any atom is 0.234 e. The summed E-state index contributed by atoms with van der Waals surface area (Å²) in [4.78, 5) is 13.6. The zero-order valence-corrected chi connectivity index (χ0v) is 12.8. The van der Waals surface area contributed by atoms with Gasteiger partial charge in [-0.15, -0.1) is 24.8 Å². The van der Waals surface area contributed by atoms with E-state index in [1.807, 2.05) is 11.9 Å². The molecule has 0 bridgehead atoms. The van der Waals surface area contributed by atoms with Gasteiger partial charge in [-0.2, -0.15) is 0 Å². The third kappa shape index (κ3) is 6.75. The number of hydrogen-bond acceptors (Lipinski definition) is 4. The zero-order chi connectivity index (χ0) is 12.1. The van der Waals surface area contributed by atoms with Gasteiger partial charge in [0.15, 0.2) is 0 Å². The lowest BCUT2D eigenvalue weighted by molar-refractivity contribution is -0.122. The number of aliphatic hydroxyl groups is 1. The number of nitrogens with zero attached hydrogens (tertiary/aromatic N) is 1. The molecule has 5 nitrogen and oxygen atoms in total. The van der Waals surface area contributed by atoms with Crippen LogP contribution in [0.25, 0.3) is 0 Å². The van der Waals surface area contributed by atoms with Crippen molar-refractivity contribution in [3.8, 4) is 0 Å². The molecular formula is C11H25Cl2N3O2. The summed E-state index contributed by atoms with van der Waals surface area (Å²) in [6.45, 7) is 6.48. The molecule has 110 valence electrons. The van der Waals surface area contributed by atoms with Gasteiger partial charge in [-0.25, -0.2) is 0 Å². The summed E-state index contributed by atoms with van der Waals surface area (Å²) >= 11 is 0. The first-order valence-electron chi connectivity index (χ1n) is 5.86. The average molecular weight is 302 g/mol. The molecule has 0 aliphatic carbocycles. The van der Waals surface area contributed by atoms with Crippen LogP contribution in [0.2, 0.25) is 0 Å². The maximum atomic E-state index is 11.6. The summed E-state index contributed by atoms with van der Waals surface area (Å²) in [6, 6.07) is 0.365. The van der Waals surface area contributed by atoms with E-state index in [1.54, 1.807) is 0 Å². The van der Waals surface area contributed by atoms with E-state index in [0.29, 0.717) is 25.7 Å². The Labute approximate surface area is 122 Å². The standard InChI is InChI=1S/C11H23N3O2.2ClH/c1-8(2)14(3)7-11(16)13-5-9-4-12-6-10(9)15;;/h8-10,12,15H,4-7H2,1-3H3,(H,13,16);2*1H. The average Bonchev–Trinajstić information content (AvgIpc) is 2.61. The van der Waals surface area contributed by atoms with Crippen LogP contribution in [0.4, 0.5) is 0 Å². The minimum absolute atomic E-state index is 0. The molecule has 0 saturated carbocycles. The molecule has 1 aliphatic rings. The fourth-order valence-electron chi connectivity index (χ4n) is 1.64. The second-order valence-electron chi connectivity index (χ2n) is 4.80. The Bertz CT molecular complexity index is 242. The van der Waals surface area contributed by atoms with Crippen LogP contribution in [0.3, 0.4) is 0 Å². The van der Waals surface area contributed by atoms with Crippen molar-refractivity contribution < 1.29 is 9.90 Å². The minimum Gasteiger partial charge on any atom is -0.391 e. The number of aliphatic hydroxyl groups excluding tert-OH is 1. The molecule has 0 spiro atoms. The number of carbonyl (C=O) groups excluding carboxylic acids is 1. The molecule has 1 rings (SSSR count). The van der Waals surface area contributed by atoms with E-state index >= 15 is 0 Å². The lowest BCUT2D eigenvalue weighted by Gasteiger charge is -2.21. The first-order valence-corrected chi connectivity index (χ1v) is 5.86. The van der Waals surface area contributed by atoms with Gasteiger partial charge >= 0.3 is 0 Å². The Morgan fingerprint density at radius 2 is 2.06 bits per heavy atom. The molecule has 7 heteroatoms. The molecule has 1 aliphatic heterocycles. The Morgan fingerprint density at radius 1 is 1.44 bits per heavy atom. The molecule has 0 aromatic heterocycles. The van der Waals surface area contributed by atoms with Crippen LogP contribution in [0, 0.1) is 5.92 Å². The van der Waals surface area contributed by atoms with Crippen LogP contribution < -0.4 is 10.6 Å². The minimum atomic E-state index is -0.330. The summed E-state index contributed by atoms with van der Waals surface area (Å²) in [5, 5.41) is 15.5. The van der Waals surface area contributed by atoms with Crippen LogP contribution >= 0.6 is 24.8 Å². The molecule has 2 atom stereocenters. The van der Waals surface area contributed by atoms with Crippen molar-refractivity contribution in [3.63, 3.8) is 0 Å². The summed E-state index contributed by atoms with van der Waals surface area (Å²) in [7, 11) is 1.93. The van der Waals surface area contributed by atoms with E-state index < -0.39 is 0 Å². The molecule has 0 radical (unpaired) electrons. The normalized spacial score (nSPS) is 22.6. The molecule has 2 unspecified atom stereocenters. The summed E-state index contributed by atoms with van der Waals surface area (Å²) in [6.07, 6.45) is -0.330. The highest BCUT2D eigenvalue weighted by Crippen LogP contribution is 2.06. The second-order valence-corrected chi connectivity index (χ2v) is 4.80. The lowest BCUT2D eigenvalue weighted by Crippen LogP contribution is -2.41. The molecule has 1 amide bonds. The molecule has 1 saturated heterocycles. The number of halogens is 2. The van der Waals surface area contributed by atoms with Gasteiger partial charge in [0.1, 0.15) is 0 Å². The fourth-order valence-corrected chi connectivity index (χ4v) is 1.64. The van der Waals surface area contributed by atoms with Crippen LogP contribution in [0.1, 0.15) is 13.8 Å². The summed E-state index contributed by atoms with van der Waals surface area (Å²) in [5.41, 5.74) is 0. The predicted octanol–water partition coefficient (Wildman–Crippen LogP) is -0.133. The van der Waals surface area contributed by atoms with Crippen molar-refractivity contribution in [1.29, 1.82) is 0 Å². The van der Waals surface area contributed by atoms with Crippen LogP contribution in [-0.2, 0) is 4.79 Å². The maximum absolute atomic E-state index is 11.6. The van der Waals surface area contributed by atoms with Gasteiger partial charge in [0, 0.05) is 31.6 Å². The molecule has 0 aromatic carbocycles. The van der Waals surface area contributed by atoms with E-state index in [0.717, 1.165) is 6.54 Å². The molecule has 18 heavy (non-hydrogen) atoms. The SMILES string of the molecule is CC(C)N(C)CC(=O)NCC1CNCC1O.Cl.Cl. The third-order valence-electron chi connectivity index (χ3n) is 3.14. The number of nitrogens with one attached hydrogen (secondary N) is 2. The quantitative estimate of drug-likeness (QED) is 0.662. The Morgan fingerprint density at radius 3 is 2.50 bits per heavy atom. The second kappa shape index (κ2) is 9.81. The van der Waals surface area contributed by atoms with Crippen molar-refractivity contribution in [2.45, 2.75) is 26.0 Å². The first kappa shape index (κ1) is 20.3. The van der Waals surface area contributed by atoms with Crippen molar-refractivity contribution in [2.75, 3.05) is 33.2 Å². The Kier molecular flexibility index (Phi) is 11.0. The van der Waals surface area contributed by atoms with Crippen LogP contribution in [0.15, 0.2) is 0 Å². The van der Waals surface area contributed by atoms with Gasteiger partial charge in [0.25, 0.3) is 0 Å². The number of β-amino-alcohol motifs (C(OH)–C–C–N with tert-alkyl or cyclic N) is 1. The van der Waals surface area contributed by atoms with Gasteiger partial charge in [0.05, 0.1) is 12.6 Å². The highest BCUT2D eigenvalue weighted by molar-refractivity contribution is 5.85. The molecule has 1 heterocycles. The summed E-state index contributed by atoms with van der Waals surface area (Å²) < 4.78 is 0. The van der Waals surface area contributed by atoms with Crippen molar-refractivity contribution >= 4 is 30.7 Å². The van der Waals surface area contributed by atoms with E-state index in [1.165, 1.54) is 0 Å². The van der Waals surface area contributed by atoms with Crippen molar-refractivity contribution in [2.24, 2.45) is 5.92 Å². The van der Waals surface area contributed by atoms with Gasteiger partial charge in [0.2, 0.25) is 5.91 Å². The molecule has 3 N–H and O–H groups in total. The Balaban J connectivity index is 0. The largest absolute Gasteiger partial charge is 0.391 e. The first-order chi connectivity index (χ1) is 7.50. The number of amides is 1. The van der Waals surface area contributed by atoms with Gasteiger partial charge in [-0.1, -0.05) is 0 Å². The highest BCUT2D eigenvalue weighted by Gasteiger charge is 2.25.